The van der Waals surface area contributed by atoms with Gasteiger partial charge in [0.25, 0.3) is 0 Å². The van der Waals surface area contributed by atoms with Crippen LogP contribution in [0, 0.1) is 5.41 Å². The molecule has 2 fully saturated rings. The van der Waals surface area contributed by atoms with Crippen molar-refractivity contribution in [3.63, 3.8) is 0 Å². The highest BCUT2D eigenvalue weighted by Crippen LogP contribution is 2.40. The number of piperidine rings is 1. The van der Waals surface area contributed by atoms with Gasteiger partial charge in [-0.25, -0.2) is 4.79 Å². The molecule has 118 valence electrons. The molecule has 0 spiro atoms. The van der Waals surface area contributed by atoms with Gasteiger partial charge >= 0.3 is 12.0 Å². The van der Waals surface area contributed by atoms with Crippen molar-refractivity contribution in [1.82, 2.24) is 15.5 Å². The third kappa shape index (κ3) is 3.65. The Kier molecular flexibility index (Phi) is 4.69. The molecule has 0 aromatic carbocycles. The molecular weight excluding hydrogens is 274 g/mol. The van der Waals surface area contributed by atoms with Crippen LogP contribution in [0.1, 0.15) is 39.0 Å². The second kappa shape index (κ2) is 6.32. The van der Waals surface area contributed by atoms with Gasteiger partial charge in [-0.2, -0.15) is 0 Å². The first-order valence-electron chi connectivity index (χ1n) is 7.46. The van der Waals surface area contributed by atoms with Gasteiger partial charge in [-0.05, 0) is 25.7 Å². The number of carboxylic acids is 1. The number of amides is 3. The standard InChI is InChI=1S/C14H23N3O4/c1-10(18)16-11-3-7-17(8-4-11)13(21)15-9-14(12(19)20)5-2-6-14/h11H,2-9H2,1H3,(H,15,21)(H,16,18)(H,19,20). The van der Waals surface area contributed by atoms with Crippen molar-refractivity contribution >= 4 is 17.9 Å². The minimum atomic E-state index is -0.821. The average Bonchev–Trinajstić information content (AvgIpc) is 2.37. The van der Waals surface area contributed by atoms with Gasteiger partial charge in [0.15, 0.2) is 0 Å². The van der Waals surface area contributed by atoms with Crippen LogP contribution in [0.3, 0.4) is 0 Å². The summed E-state index contributed by atoms with van der Waals surface area (Å²) in [5.74, 6) is -0.871. The van der Waals surface area contributed by atoms with E-state index in [1.165, 1.54) is 6.92 Å². The van der Waals surface area contributed by atoms with E-state index < -0.39 is 11.4 Å². The molecule has 21 heavy (non-hydrogen) atoms. The van der Waals surface area contributed by atoms with Crippen LogP contribution in [0.2, 0.25) is 0 Å². The molecule has 0 atom stereocenters. The Labute approximate surface area is 124 Å². The van der Waals surface area contributed by atoms with Gasteiger partial charge in [-0.15, -0.1) is 0 Å². The fraction of sp³-hybridized carbons (Fsp3) is 0.786. The van der Waals surface area contributed by atoms with Crippen molar-refractivity contribution in [3.8, 4) is 0 Å². The molecule has 3 N–H and O–H groups in total. The van der Waals surface area contributed by atoms with Gasteiger partial charge in [0.1, 0.15) is 0 Å². The lowest BCUT2D eigenvalue weighted by Gasteiger charge is -2.39. The number of rotatable bonds is 4. The summed E-state index contributed by atoms with van der Waals surface area (Å²) in [4.78, 5) is 36.0. The van der Waals surface area contributed by atoms with Crippen molar-refractivity contribution < 1.29 is 19.5 Å². The van der Waals surface area contributed by atoms with Gasteiger partial charge in [-0.3, -0.25) is 9.59 Å². The Bertz CT molecular complexity index is 426. The lowest BCUT2D eigenvalue weighted by Crippen LogP contribution is -2.53. The molecule has 0 aromatic heterocycles. The zero-order valence-electron chi connectivity index (χ0n) is 12.4. The fourth-order valence-electron chi connectivity index (χ4n) is 2.94. The van der Waals surface area contributed by atoms with E-state index in [0.29, 0.717) is 25.9 Å². The number of urea groups is 1. The SMILES string of the molecule is CC(=O)NC1CCN(C(=O)NCC2(C(=O)O)CCC2)CC1. The molecule has 7 nitrogen and oxygen atoms in total. The topological polar surface area (TPSA) is 98.7 Å². The van der Waals surface area contributed by atoms with Crippen molar-refractivity contribution in [2.24, 2.45) is 5.41 Å². The normalized spacial score (nSPS) is 21.3. The van der Waals surface area contributed by atoms with Gasteiger partial charge in [-0.1, -0.05) is 6.42 Å². The third-order valence-electron chi connectivity index (χ3n) is 4.53. The first-order chi connectivity index (χ1) is 9.93. The summed E-state index contributed by atoms with van der Waals surface area (Å²) in [5.41, 5.74) is -0.760. The Morgan fingerprint density at radius 2 is 1.86 bits per heavy atom. The van der Waals surface area contributed by atoms with E-state index in [9.17, 15) is 19.5 Å². The number of carbonyl (C=O) groups excluding carboxylic acids is 2. The molecule has 1 saturated carbocycles. The maximum atomic E-state index is 12.1. The molecule has 7 heteroatoms. The van der Waals surface area contributed by atoms with Crippen LogP contribution in [0.5, 0.6) is 0 Å². The number of nitrogens with one attached hydrogen (secondary N) is 2. The number of carbonyl (C=O) groups is 3. The van der Waals surface area contributed by atoms with Gasteiger partial charge < -0.3 is 20.6 Å². The van der Waals surface area contributed by atoms with Crippen molar-refractivity contribution in [1.29, 1.82) is 0 Å². The number of hydrogen-bond donors (Lipinski definition) is 3. The van der Waals surface area contributed by atoms with E-state index in [-0.39, 0.29) is 24.5 Å². The van der Waals surface area contributed by atoms with Crippen LogP contribution < -0.4 is 10.6 Å². The largest absolute Gasteiger partial charge is 0.481 e. The molecule has 2 rings (SSSR count). The Hall–Kier alpha value is -1.79. The number of hydrogen-bond acceptors (Lipinski definition) is 3. The maximum Gasteiger partial charge on any atom is 0.317 e. The molecule has 1 aliphatic heterocycles. The highest BCUT2D eigenvalue weighted by molar-refractivity contribution is 5.79. The quantitative estimate of drug-likeness (QED) is 0.705. The van der Waals surface area contributed by atoms with E-state index in [2.05, 4.69) is 10.6 Å². The van der Waals surface area contributed by atoms with Crippen molar-refractivity contribution in [3.05, 3.63) is 0 Å². The summed E-state index contributed by atoms with van der Waals surface area (Å²) in [7, 11) is 0. The van der Waals surface area contributed by atoms with Crippen LogP contribution in [0.25, 0.3) is 0 Å². The summed E-state index contributed by atoms with van der Waals surface area (Å²) in [6.45, 7) is 2.85. The fourth-order valence-corrected chi connectivity index (χ4v) is 2.94. The zero-order chi connectivity index (χ0) is 15.5. The molecule has 1 heterocycles. The minimum Gasteiger partial charge on any atom is -0.481 e. The summed E-state index contributed by atoms with van der Waals surface area (Å²) in [5, 5.41) is 14.8. The Balaban J connectivity index is 1.75. The van der Waals surface area contributed by atoms with Crippen molar-refractivity contribution in [2.75, 3.05) is 19.6 Å². The third-order valence-corrected chi connectivity index (χ3v) is 4.53. The summed E-state index contributed by atoms with van der Waals surface area (Å²) in [6, 6.07) is -0.0765. The second-order valence-electron chi connectivity index (χ2n) is 6.06. The molecule has 0 radical (unpaired) electrons. The molecular formula is C14H23N3O4. The number of nitrogens with zero attached hydrogens (tertiary/aromatic N) is 1. The Morgan fingerprint density at radius 1 is 1.24 bits per heavy atom. The summed E-state index contributed by atoms with van der Waals surface area (Å²) >= 11 is 0. The predicted octanol–water partition coefficient (Wildman–Crippen LogP) is 0.551. The van der Waals surface area contributed by atoms with Crippen LogP contribution in [0.15, 0.2) is 0 Å². The van der Waals surface area contributed by atoms with Crippen LogP contribution in [-0.2, 0) is 9.59 Å². The summed E-state index contributed by atoms with van der Waals surface area (Å²) < 4.78 is 0. The monoisotopic (exact) mass is 297 g/mol. The van der Waals surface area contributed by atoms with E-state index in [1.54, 1.807) is 4.90 Å². The van der Waals surface area contributed by atoms with Gasteiger partial charge in [0.05, 0.1) is 5.41 Å². The molecule has 1 aliphatic carbocycles. The zero-order valence-corrected chi connectivity index (χ0v) is 12.4. The van der Waals surface area contributed by atoms with E-state index in [0.717, 1.165) is 19.3 Å². The van der Waals surface area contributed by atoms with E-state index >= 15 is 0 Å². The molecule has 0 aromatic rings. The maximum absolute atomic E-state index is 12.1. The van der Waals surface area contributed by atoms with Gasteiger partial charge in [0, 0.05) is 32.6 Å². The van der Waals surface area contributed by atoms with Crippen LogP contribution in [0.4, 0.5) is 4.79 Å². The average molecular weight is 297 g/mol. The summed E-state index contributed by atoms with van der Waals surface area (Å²) in [6.07, 6.45) is 3.64. The lowest BCUT2D eigenvalue weighted by atomic mass is 9.69. The second-order valence-corrected chi connectivity index (χ2v) is 6.06. The highest BCUT2D eigenvalue weighted by Gasteiger charge is 2.44. The van der Waals surface area contributed by atoms with Crippen LogP contribution in [-0.4, -0.2) is 53.6 Å². The van der Waals surface area contributed by atoms with Crippen LogP contribution >= 0.6 is 0 Å². The van der Waals surface area contributed by atoms with Gasteiger partial charge in [0.2, 0.25) is 5.91 Å². The first kappa shape index (κ1) is 15.6. The van der Waals surface area contributed by atoms with Crippen molar-refractivity contribution in [2.45, 2.75) is 45.1 Å². The predicted molar refractivity (Wildman–Crippen MR) is 75.7 cm³/mol. The van der Waals surface area contributed by atoms with E-state index in [4.69, 9.17) is 0 Å². The molecule has 2 aliphatic rings. The highest BCUT2D eigenvalue weighted by atomic mass is 16.4. The lowest BCUT2D eigenvalue weighted by molar-refractivity contribution is -0.153. The Morgan fingerprint density at radius 3 is 2.29 bits per heavy atom. The smallest absolute Gasteiger partial charge is 0.317 e. The molecule has 0 bridgehead atoms. The first-order valence-corrected chi connectivity index (χ1v) is 7.46. The molecule has 0 unspecified atom stereocenters. The minimum absolute atomic E-state index is 0.0497. The number of carboxylic acid groups (broad SMARTS) is 1. The molecule has 1 saturated heterocycles. The number of likely N-dealkylation sites (tertiary alicyclic amines) is 1. The van der Waals surface area contributed by atoms with E-state index in [1.807, 2.05) is 0 Å². The molecule has 3 amide bonds. The number of aliphatic carboxylic acids is 1.